The summed E-state index contributed by atoms with van der Waals surface area (Å²) in [6, 6.07) is -1.26. The molecule has 0 aromatic heterocycles. The van der Waals surface area contributed by atoms with Crippen LogP contribution in [0.2, 0.25) is 0 Å². The normalized spacial score (nSPS) is 25.9. The molecule has 0 aliphatic carbocycles. The second kappa shape index (κ2) is 5.16. The summed E-state index contributed by atoms with van der Waals surface area (Å²) < 4.78 is 0. The van der Waals surface area contributed by atoms with E-state index in [4.69, 9.17) is 0 Å². The van der Waals surface area contributed by atoms with Crippen LogP contribution in [0.15, 0.2) is 0 Å². The molecule has 1 atom stereocenters. The molecule has 2 saturated heterocycles. The van der Waals surface area contributed by atoms with Crippen LogP contribution in [0.5, 0.6) is 0 Å². The van der Waals surface area contributed by atoms with Crippen LogP contribution in [-0.2, 0) is 9.59 Å². The zero-order valence-corrected chi connectivity index (χ0v) is 9.70. The third-order valence-electron chi connectivity index (χ3n) is 3.16. The van der Waals surface area contributed by atoms with Crippen LogP contribution in [0.25, 0.3) is 0 Å². The number of urea groups is 1. The molecule has 0 aromatic rings. The van der Waals surface area contributed by atoms with Gasteiger partial charge in [0.05, 0.1) is 6.42 Å². The summed E-state index contributed by atoms with van der Waals surface area (Å²) in [6.07, 6.45) is 4.32. The fraction of sp³-hybridized carbons (Fsp3) is 0.727. The molecule has 17 heavy (non-hydrogen) atoms. The summed E-state index contributed by atoms with van der Waals surface area (Å²) in [7, 11) is 0. The van der Waals surface area contributed by atoms with Gasteiger partial charge in [-0.1, -0.05) is 12.8 Å². The van der Waals surface area contributed by atoms with E-state index in [0.29, 0.717) is 0 Å². The quantitative estimate of drug-likeness (QED) is 0.675. The van der Waals surface area contributed by atoms with E-state index in [0.717, 1.165) is 38.8 Å². The molecule has 0 aromatic carbocycles. The van der Waals surface area contributed by atoms with Gasteiger partial charge in [0.2, 0.25) is 11.8 Å². The van der Waals surface area contributed by atoms with Crippen molar-refractivity contribution in [1.82, 2.24) is 15.5 Å². The first-order chi connectivity index (χ1) is 8.16. The lowest BCUT2D eigenvalue weighted by atomic mass is 10.1. The van der Waals surface area contributed by atoms with Crippen molar-refractivity contribution in [2.45, 2.75) is 38.1 Å². The van der Waals surface area contributed by atoms with Crippen LogP contribution in [0, 0.1) is 0 Å². The number of hydrogen-bond donors (Lipinski definition) is 2. The summed E-state index contributed by atoms with van der Waals surface area (Å²) in [6.45, 7) is 1.46. The van der Waals surface area contributed by atoms with Gasteiger partial charge in [-0.15, -0.1) is 0 Å². The molecule has 6 heteroatoms. The molecule has 0 bridgehead atoms. The Kier molecular flexibility index (Phi) is 3.61. The van der Waals surface area contributed by atoms with Crippen molar-refractivity contribution < 1.29 is 14.4 Å². The summed E-state index contributed by atoms with van der Waals surface area (Å²) in [5.41, 5.74) is 0. The molecule has 4 amide bonds. The third kappa shape index (κ3) is 2.95. The zero-order valence-electron chi connectivity index (χ0n) is 9.70. The number of amides is 4. The van der Waals surface area contributed by atoms with Crippen LogP contribution in [0.3, 0.4) is 0 Å². The monoisotopic (exact) mass is 239 g/mol. The summed E-state index contributed by atoms with van der Waals surface area (Å²) >= 11 is 0. The Morgan fingerprint density at radius 1 is 1.12 bits per heavy atom. The van der Waals surface area contributed by atoms with Gasteiger partial charge in [-0.2, -0.15) is 0 Å². The lowest BCUT2D eigenvalue weighted by Gasteiger charge is -2.28. The van der Waals surface area contributed by atoms with Crippen LogP contribution >= 0.6 is 0 Å². The molecule has 2 fully saturated rings. The smallest absolute Gasteiger partial charge is 0.322 e. The highest BCUT2D eigenvalue weighted by molar-refractivity contribution is 6.02. The zero-order chi connectivity index (χ0) is 12.3. The van der Waals surface area contributed by atoms with Crippen molar-refractivity contribution in [3.8, 4) is 0 Å². The lowest BCUT2D eigenvalue weighted by Crippen LogP contribution is -2.58. The molecular formula is C11H17N3O3. The Hall–Kier alpha value is -1.59. The van der Waals surface area contributed by atoms with Crippen molar-refractivity contribution in [3.63, 3.8) is 0 Å². The maximum atomic E-state index is 12.1. The van der Waals surface area contributed by atoms with Crippen LogP contribution in [-0.4, -0.2) is 41.9 Å². The second-order valence-corrected chi connectivity index (χ2v) is 4.52. The lowest BCUT2D eigenvalue weighted by molar-refractivity contribution is -0.136. The van der Waals surface area contributed by atoms with Crippen LogP contribution in [0.4, 0.5) is 4.79 Å². The average molecular weight is 239 g/mol. The number of hydrogen-bond acceptors (Lipinski definition) is 3. The molecule has 2 heterocycles. The van der Waals surface area contributed by atoms with Crippen molar-refractivity contribution in [3.05, 3.63) is 0 Å². The predicted molar refractivity (Wildman–Crippen MR) is 60.1 cm³/mol. The molecule has 2 aliphatic rings. The first-order valence-electron chi connectivity index (χ1n) is 6.06. The molecule has 1 unspecified atom stereocenters. The van der Waals surface area contributed by atoms with Gasteiger partial charge in [0.1, 0.15) is 6.04 Å². The fourth-order valence-electron chi connectivity index (χ4n) is 2.27. The number of imide groups is 1. The van der Waals surface area contributed by atoms with Crippen molar-refractivity contribution in [1.29, 1.82) is 0 Å². The van der Waals surface area contributed by atoms with Gasteiger partial charge in [0.15, 0.2) is 0 Å². The molecule has 2 rings (SSSR count). The Morgan fingerprint density at radius 3 is 2.35 bits per heavy atom. The van der Waals surface area contributed by atoms with E-state index in [-0.39, 0.29) is 18.2 Å². The highest BCUT2D eigenvalue weighted by atomic mass is 16.2. The molecular weight excluding hydrogens is 222 g/mol. The average Bonchev–Trinajstić information content (AvgIpc) is 2.55. The van der Waals surface area contributed by atoms with E-state index in [9.17, 15) is 14.4 Å². The molecule has 2 N–H and O–H groups in total. The van der Waals surface area contributed by atoms with Gasteiger partial charge >= 0.3 is 6.03 Å². The predicted octanol–water partition coefficient (Wildman–Crippen LogP) is -0.0129. The minimum atomic E-state index is -0.686. The number of likely N-dealkylation sites (tertiary alicyclic amines) is 1. The van der Waals surface area contributed by atoms with E-state index >= 15 is 0 Å². The van der Waals surface area contributed by atoms with Gasteiger partial charge in [0, 0.05) is 13.1 Å². The highest BCUT2D eigenvalue weighted by Gasteiger charge is 2.32. The summed E-state index contributed by atoms with van der Waals surface area (Å²) in [5, 5.41) is 4.62. The Bertz CT molecular complexity index is 319. The maximum absolute atomic E-state index is 12.1. The van der Waals surface area contributed by atoms with Gasteiger partial charge in [0.25, 0.3) is 0 Å². The summed E-state index contributed by atoms with van der Waals surface area (Å²) in [5.74, 6) is -0.517. The number of nitrogens with one attached hydrogen (secondary N) is 2. The van der Waals surface area contributed by atoms with Gasteiger partial charge in [-0.25, -0.2) is 4.79 Å². The van der Waals surface area contributed by atoms with Crippen molar-refractivity contribution in [2.24, 2.45) is 0 Å². The Balaban J connectivity index is 1.97. The molecule has 94 valence electrons. The fourth-order valence-corrected chi connectivity index (χ4v) is 2.27. The van der Waals surface area contributed by atoms with E-state index in [1.165, 1.54) is 0 Å². The Morgan fingerprint density at radius 2 is 1.76 bits per heavy atom. The van der Waals surface area contributed by atoms with Gasteiger partial charge < -0.3 is 10.2 Å². The molecule has 0 spiro atoms. The highest BCUT2D eigenvalue weighted by Crippen LogP contribution is 2.12. The number of nitrogens with zero attached hydrogens (tertiary/aromatic N) is 1. The standard InChI is InChI=1S/C11H17N3O3/c15-9-7-8(12-11(17)13-9)10(16)14-5-3-1-2-4-6-14/h8H,1-7H2,(H2,12,13,15,17). The number of carbonyl (C=O) groups is 3. The van der Waals surface area contributed by atoms with Gasteiger partial charge in [-0.3, -0.25) is 14.9 Å². The van der Waals surface area contributed by atoms with Crippen LogP contribution in [0.1, 0.15) is 32.1 Å². The van der Waals surface area contributed by atoms with Gasteiger partial charge in [-0.05, 0) is 12.8 Å². The first kappa shape index (κ1) is 11.9. The van der Waals surface area contributed by atoms with Crippen LogP contribution < -0.4 is 10.6 Å². The minimum Gasteiger partial charge on any atom is -0.341 e. The Labute approximate surface area is 99.7 Å². The SMILES string of the molecule is O=C1CC(C(=O)N2CCCCCC2)NC(=O)N1. The topological polar surface area (TPSA) is 78.5 Å². The molecule has 0 saturated carbocycles. The summed E-state index contributed by atoms with van der Waals surface area (Å²) in [4.78, 5) is 36.2. The third-order valence-corrected chi connectivity index (χ3v) is 3.16. The van der Waals surface area contributed by atoms with Crippen molar-refractivity contribution >= 4 is 17.8 Å². The molecule has 0 radical (unpaired) electrons. The first-order valence-corrected chi connectivity index (χ1v) is 6.06. The van der Waals surface area contributed by atoms with E-state index in [1.807, 2.05) is 0 Å². The second-order valence-electron chi connectivity index (χ2n) is 4.52. The van der Waals surface area contributed by atoms with Crippen molar-refractivity contribution in [2.75, 3.05) is 13.1 Å². The maximum Gasteiger partial charge on any atom is 0.322 e. The number of carbonyl (C=O) groups excluding carboxylic acids is 3. The molecule has 2 aliphatic heterocycles. The largest absolute Gasteiger partial charge is 0.341 e. The van der Waals surface area contributed by atoms with E-state index in [1.54, 1.807) is 4.90 Å². The van der Waals surface area contributed by atoms with E-state index < -0.39 is 12.1 Å². The van der Waals surface area contributed by atoms with E-state index in [2.05, 4.69) is 10.6 Å². The molecule has 6 nitrogen and oxygen atoms in total. The minimum absolute atomic E-state index is 0.0427. The number of rotatable bonds is 1.